The summed E-state index contributed by atoms with van der Waals surface area (Å²) in [6.45, 7) is 0.456. The topological polar surface area (TPSA) is 96.2 Å². The van der Waals surface area contributed by atoms with Crippen LogP contribution in [0.4, 0.5) is 4.39 Å². The Morgan fingerprint density at radius 2 is 1.92 bits per heavy atom. The van der Waals surface area contributed by atoms with E-state index in [-0.39, 0.29) is 17.5 Å². The van der Waals surface area contributed by atoms with E-state index in [1.807, 2.05) is 6.07 Å². The van der Waals surface area contributed by atoms with Crippen LogP contribution in [-0.4, -0.2) is 41.9 Å². The predicted molar refractivity (Wildman–Crippen MR) is 80.9 cm³/mol. The molecule has 0 spiro atoms. The first-order chi connectivity index (χ1) is 11.5. The molecule has 1 atom stereocenters. The van der Waals surface area contributed by atoms with Crippen molar-refractivity contribution < 1.29 is 17.5 Å². The van der Waals surface area contributed by atoms with Gasteiger partial charge in [0.05, 0.1) is 35.5 Å². The predicted octanol–water partition coefficient (Wildman–Crippen LogP) is 1.33. The van der Waals surface area contributed by atoms with E-state index in [9.17, 15) is 12.8 Å². The summed E-state index contributed by atoms with van der Waals surface area (Å²) >= 11 is 0. The van der Waals surface area contributed by atoms with Crippen molar-refractivity contribution >= 4 is 10.0 Å². The minimum atomic E-state index is -3.65. The standard InChI is InChI=1S/C15H13FN4O3S/c16-12-8-18-15(19-9-12)23-13-5-6-20(10-13)24(21,22)14-3-1-11(7-17)2-4-14/h1-4,8-9,13H,5-6,10H2/t13-/m0/s1. The van der Waals surface area contributed by atoms with Crippen LogP contribution in [0.5, 0.6) is 6.01 Å². The molecule has 3 rings (SSSR count). The quantitative estimate of drug-likeness (QED) is 0.827. The molecule has 0 aliphatic carbocycles. The molecule has 0 radical (unpaired) electrons. The molecule has 1 aromatic heterocycles. The summed E-state index contributed by atoms with van der Waals surface area (Å²) in [6.07, 6.45) is 2.06. The van der Waals surface area contributed by atoms with E-state index in [1.165, 1.54) is 28.6 Å². The van der Waals surface area contributed by atoms with Crippen LogP contribution in [0.3, 0.4) is 0 Å². The van der Waals surface area contributed by atoms with Crippen LogP contribution < -0.4 is 4.74 Å². The molecule has 9 heteroatoms. The molecule has 7 nitrogen and oxygen atoms in total. The van der Waals surface area contributed by atoms with Crippen molar-refractivity contribution in [2.75, 3.05) is 13.1 Å². The minimum Gasteiger partial charge on any atom is -0.459 e. The molecule has 1 aliphatic heterocycles. The first-order valence-corrected chi connectivity index (χ1v) is 8.57. The Hall–Kier alpha value is -2.57. The first kappa shape index (κ1) is 16.3. The molecule has 24 heavy (non-hydrogen) atoms. The Labute approximate surface area is 138 Å². The molecule has 0 saturated carbocycles. The van der Waals surface area contributed by atoms with Crippen LogP contribution in [0.1, 0.15) is 12.0 Å². The normalized spacial score (nSPS) is 18.2. The Morgan fingerprint density at radius 1 is 1.25 bits per heavy atom. The van der Waals surface area contributed by atoms with Crippen molar-refractivity contribution in [1.29, 1.82) is 5.26 Å². The van der Waals surface area contributed by atoms with E-state index in [2.05, 4.69) is 9.97 Å². The highest BCUT2D eigenvalue weighted by molar-refractivity contribution is 7.89. The summed E-state index contributed by atoms with van der Waals surface area (Å²) in [4.78, 5) is 7.52. The van der Waals surface area contributed by atoms with Crippen molar-refractivity contribution in [3.8, 4) is 12.1 Å². The molecule has 0 unspecified atom stereocenters. The number of sulfonamides is 1. The maximum absolute atomic E-state index is 12.8. The zero-order chi connectivity index (χ0) is 17.2. The van der Waals surface area contributed by atoms with Crippen LogP contribution in [0, 0.1) is 17.1 Å². The molecule has 0 amide bonds. The van der Waals surface area contributed by atoms with Crippen LogP contribution in [0.2, 0.25) is 0 Å². The van der Waals surface area contributed by atoms with E-state index >= 15 is 0 Å². The van der Waals surface area contributed by atoms with Gasteiger partial charge in [-0.25, -0.2) is 22.8 Å². The average Bonchev–Trinajstić information content (AvgIpc) is 3.06. The number of hydrogen-bond donors (Lipinski definition) is 0. The van der Waals surface area contributed by atoms with Gasteiger partial charge in [-0.2, -0.15) is 9.57 Å². The largest absolute Gasteiger partial charge is 0.459 e. The molecule has 0 bridgehead atoms. The average molecular weight is 348 g/mol. The number of hydrogen-bond acceptors (Lipinski definition) is 6. The lowest BCUT2D eigenvalue weighted by molar-refractivity contribution is 0.197. The smallest absolute Gasteiger partial charge is 0.316 e. The van der Waals surface area contributed by atoms with Crippen molar-refractivity contribution in [2.24, 2.45) is 0 Å². The summed E-state index contributed by atoms with van der Waals surface area (Å²) in [7, 11) is -3.65. The van der Waals surface area contributed by atoms with Gasteiger partial charge in [0, 0.05) is 6.54 Å². The fourth-order valence-electron chi connectivity index (χ4n) is 2.37. The van der Waals surface area contributed by atoms with Gasteiger partial charge < -0.3 is 4.74 Å². The maximum atomic E-state index is 12.8. The zero-order valence-corrected chi connectivity index (χ0v) is 13.3. The van der Waals surface area contributed by atoms with Gasteiger partial charge in [-0.1, -0.05) is 0 Å². The van der Waals surface area contributed by atoms with E-state index in [0.29, 0.717) is 18.5 Å². The molecule has 0 N–H and O–H groups in total. The number of benzene rings is 1. The van der Waals surface area contributed by atoms with Crippen molar-refractivity contribution in [2.45, 2.75) is 17.4 Å². The van der Waals surface area contributed by atoms with Gasteiger partial charge in [0.25, 0.3) is 0 Å². The Balaban J connectivity index is 1.69. The van der Waals surface area contributed by atoms with Gasteiger partial charge in [0.2, 0.25) is 10.0 Å². The second-order valence-corrected chi connectivity index (χ2v) is 7.15. The minimum absolute atomic E-state index is 0.0130. The molecule has 124 valence electrons. The molecule has 1 aliphatic rings. The van der Waals surface area contributed by atoms with Crippen molar-refractivity contribution in [1.82, 2.24) is 14.3 Å². The van der Waals surface area contributed by atoms with E-state index < -0.39 is 21.9 Å². The van der Waals surface area contributed by atoms with Crippen LogP contribution >= 0.6 is 0 Å². The lowest BCUT2D eigenvalue weighted by Gasteiger charge is -2.16. The molecule has 1 fully saturated rings. The van der Waals surface area contributed by atoms with Crippen LogP contribution in [0.25, 0.3) is 0 Å². The van der Waals surface area contributed by atoms with E-state index in [1.54, 1.807) is 0 Å². The molecule has 1 aromatic carbocycles. The third-order valence-corrected chi connectivity index (χ3v) is 5.48. The lowest BCUT2D eigenvalue weighted by Crippen LogP contribution is -2.31. The fraction of sp³-hybridized carbons (Fsp3) is 0.267. The number of rotatable bonds is 4. The van der Waals surface area contributed by atoms with Crippen molar-refractivity contribution in [3.63, 3.8) is 0 Å². The van der Waals surface area contributed by atoms with Crippen LogP contribution in [0.15, 0.2) is 41.6 Å². The van der Waals surface area contributed by atoms with Crippen molar-refractivity contribution in [3.05, 3.63) is 48.0 Å². The van der Waals surface area contributed by atoms with Gasteiger partial charge in [-0.15, -0.1) is 0 Å². The maximum Gasteiger partial charge on any atom is 0.316 e. The third kappa shape index (κ3) is 3.34. The van der Waals surface area contributed by atoms with Crippen LogP contribution in [-0.2, 0) is 10.0 Å². The molecule has 2 heterocycles. The monoisotopic (exact) mass is 348 g/mol. The zero-order valence-electron chi connectivity index (χ0n) is 12.5. The summed E-state index contributed by atoms with van der Waals surface area (Å²) in [5, 5.41) is 8.77. The fourth-order valence-corrected chi connectivity index (χ4v) is 3.86. The first-order valence-electron chi connectivity index (χ1n) is 7.13. The summed E-state index contributed by atoms with van der Waals surface area (Å²) in [6, 6.07) is 7.70. The Morgan fingerprint density at radius 3 is 2.54 bits per heavy atom. The van der Waals surface area contributed by atoms with E-state index in [4.69, 9.17) is 10.00 Å². The van der Waals surface area contributed by atoms with E-state index in [0.717, 1.165) is 12.4 Å². The number of ether oxygens (including phenoxy) is 1. The summed E-state index contributed by atoms with van der Waals surface area (Å²) in [5.74, 6) is -0.571. The Bertz CT molecular complexity index is 863. The molecular formula is C15H13FN4O3S. The summed E-state index contributed by atoms with van der Waals surface area (Å²) in [5.41, 5.74) is 0.394. The molecule has 2 aromatic rings. The number of nitrogens with zero attached hydrogens (tertiary/aromatic N) is 4. The van der Waals surface area contributed by atoms with Gasteiger partial charge in [-0.3, -0.25) is 0 Å². The summed E-state index contributed by atoms with van der Waals surface area (Å²) < 4.78 is 44.7. The molecule has 1 saturated heterocycles. The van der Waals surface area contributed by atoms with Gasteiger partial charge in [0.1, 0.15) is 6.10 Å². The molecular weight excluding hydrogens is 335 g/mol. The second kappa shape index (κ2) is 6.51. The number of halogens is 1. The highest BCUT2D eigenvalue weighted by atomic mass is 32.2. The van der Waals surface area contributed by atoms with Gasteiger partial charge in [-0.05, 0) is 30.7 Å². The number of nitriles is 1. The SMILES string of the molecule is N#Cc1ccc(S(=O)(=O)N2CC[C@H](Oc3ncc(F)cn3)C2)cc1. The Kier molecular flexibility index (Phi) is 4.42. The number of aromatic nitrogens is 2. The lowest BCUT2D eigenvalue weighted by atomic mass is 10.2. The third-order valence-electron chi connectivity index (χ3n) is 3.60. The highest BCUT2D eigenvalue weighted by Crippen LogP contribution is 2.23. The van der Waals surface area contributed by atoms with Gasteiger partial charge in [0.15, 0.2) is 5.82 Å². The van der Waals surface area contributed by atoms with Gasteiger partial charge >= 0.3 is 6.01 Å². The second-order valence-electron chi connectivity index (χ2n) is 5.21. The highest BCUT2D eigenvalue weighted by Gasteiger charge is 2.34.